The molecule has 8 heteroatoms. The molecule has 0 radical (unpaired) electrons. The minimum atomic E-state index is -0.617. The normalized spacial score (nSPS) is 12.4. The summed E-state index contributed by atoms with van der Waals surface area (Å²) in [5.74, 6) is -1.60. The summed E-state index contributed by atoms with van der Waals surface area (Å²) in [6, 6.07) is 10.8. The van der Waals surface area contributed by atoms with Gasteiger partial charge in [-0.1, -0.05) is 24.3 Å². The van der Waals surface area contributed by atoms with E-state index in [-0.39, 0.29) is 0 Å². The average molecular weight is 395 g/mol. The van der Waals surface area contributed by atoms with Crippen molar-refractivity contribution in [3.8, 4) is 0 Å². The lowest BCUT2D eigenvalue weighted by atomic mass is 10.0. The predicted molar refractivity (Wildman–Crippen MR) is 104 cm³/mol. The maximum atomic E-state index is 12.7. The Labute approximate surface area is 164 Å². The van der Waals surface area contributed by atoms with E-state index in [1.807, 2.05) is 24.3 Å². The first-order valence-electron chi connectivity index (χ1n) is 8.84. The van der Waals surface area contributed by atoms with Gasteiger partial charge < -0.3 is 4.74 Å². The number of esters is 1. The summed E-state index contributed by atoms with van der Waals surface area (Å²) in [7, 11) is 0. The van der Waals surface area contributed by atoms with Crippen LogP contribution in [0.2, 0.25) is 0 Å². The maximum Gasteiger partial charge on any atom is 0.339 e. The number of carbonyl (C=O) groups excluding carboxylic acids is 3. The SMILES string of the molecule is O=C(COC(=O)c1c2c(nc3ccccc13)CCC2)NNC(=O)c1cccs1. The van der Waals surface area contributed by atoms with Gasteiger partial charge in [-0.25, -0.2) is 4.79 Å². The van der Waals surface area contributed by atoms with Crippen LogP contribution >= 0.6 is 11.3 Å². The van der Waals surface area contributed by atoms with Gasteiger partial charge in [-0.2, -0.15) is 0 Å². The van der Waals surface area contributed by atoms with E-state index in [2.05, 4.69) is 15.8 Å². The summed E-state index contributed by atoms with van der Waals surface area (Å²) >= 11 is 1.26. The number of hydrogen-bond donors (Lipinski definition) is 2. The standard InChI is InChI=1S/C20H17N3O4S/c24-17(22-23-19(25)16-9-4-10-28-16)11-27-20(26)18-12-5-1-2-7-14(12)21-15-8-3-6-13(15)18/h1-2,4-5,7,9-10H,3,6,8,11H2,(H,22,24)(H,23,25). The second kappa shape index (κ2) is 7.77. The molecule has 2 amide bonds. The number of hydrazine groups is 1. The number of pyridine rings is 1. The van der Waals surface area contributed by atoms with Crippen LogP contribution in [0, 0.1) is 0 Å². The van der Waals surface area contributed by atoms with E-state index >= 15 is 0 Å². The molecule has 142 valence electrons. The number of nitrogens with zero attached hydrogens (tertiary/aromatic N) is 1. The Morgan fingerprint density at radius 1 is 1.07 bits per heavy atom. The third-order valence-corrected chi connectivity index (χ3v) is 5.39. The first-order chi connectivity index (χ1) is 13.6. The second-order valence-corrected chi connectivity index (χ2v) is 7.29. The van der Waals surface area contributed by atoms with Gasteiger partial charge in [0.05, 0.1) is 16.0 Å². The van der Waals surface area contributed by atoms with Crippen molar-refractivity contribution < 1.29 is 19.1 Å². The van der Waals surface area contributed by atoms with Crippen molar-refractivity contribution in [2.75, 3.05) is 6.61 Å². The van der Waals surface area contributed by atoms with Crippen molar-refractivity contribution in [3.63, 3.8) is 0 Å². The molecule has 7 nitrogen and oxygen atoms in total. The van der Waals surface area contributed by atoms with Crippen molar-refractivity contribution in [1.82, 2.24) is 15.8 Å². The number of rotatable bonds is 4. The number of amides is 2. The van der Waals surface area contributed by atoms with Crippen LogP contribution in [0.15, 0.2) is 41.8 Å². The molecule has 2 heterocycles. The zero-order valence-corrected chi connectivity index (χ0v) is 15.7. The number of aromatic nitrogens is 1. The van der Waals surface area contributed by atoms with Gasteiger partial charge in [-0.05, 0) is 42.3 Å². The van der Waals surface area contributed by atoms with E-state index in [4.69, 9.17) is 4.74 Å². The van der Waals surface area contributed by atoms with Crippen LogP contribution in [0.3, 0.4) is 0 Å². The van der Waals surface area contributed by atoms with E-state index in [1.165, 1.54) is 11.3 Å². The predicted octanol–water partition coefficient (Wildman–Crippen LogP) is 2.40. The Morgan fingerprint density at radius 3 is 2.75 bits per heavy atom. The molecular formula is C20H17N3O4S. The fourth-order valence-corrected chi connectivity index (χ4v) is 3.90. The number of benzene rings is 1. The second-order valence-electron chi connectivity index (χ2n) is 6.34. The maximum absolute atomic E-state index is 12.7. The van der Waals surface area contributed by atoms with Crippen molar-refractivity contribution in [3.05, 3.63) is 63.5 Å². The highest BCUT2D eigenvalue weighted by molar-refractivity contribution is 7.12. The molecule has 2 N–H and O–H groups in total. The molecule has 0 spiro atoms. The third-order valence-electron chi connectivity index (χ3n) is 4.52. The Balaban J connectivity index is 1.43. The van der Waals surface area contributed by atoms with Gasteiger partial charge in [0.2, 0.25) is 0 Å². The lowest BCUT2D eigenvalue weighted by molar-refractivity contribution is -0.125. The molecule has 28 heavy (non-hydrogen) atoms. The summed E-state index contributed by atoms with van der Waals surface area (Å²) < 4.78 is 5.22. The number of nitrogens with one attached hydrogen (secondary N) is 2. The first kappa shape index (κ1) is 18.1. The van der Waals surface area contributed by atoms with Gasteiger partial charge in [-0.15, -0.1) is 11.3 Å². The highest BCUT2D eigenvalue weighted by atomic mass is 32.1. The van der Waals surface area contributed by atoms with E-state index < -0.39 is 24.4 Å². The largest absolute Gasteiger partial charge is 0.452 e. The van der Waals surface area contributed by atoms with Gasteiger partial charge in [-0.3, -0.25) is 25.4 Å². The summed E-state index contributed by atoms with van der Waals surface area (Å²) in [4.78, 5) is 41.6. The molecule has 1 aliphatic rings. The molecule has 0 saturated heterocycles. The zero-order valence-electron chi connectivity index (χ0n) is 14.9. The Hall–Kier alpha value is -3.26. The van der Waals surface area contributed by atoms with E-state index in [0.717, 1.165) is 41.4 Å². The minimum absolute atomic E-state index is 0.423. The number of carbonyl (C=O) groups is 3. The van der Waals surface area contributed by atoms with Gasteiger partial charge in [0.1, 0.15) is 0 Å². The molecule has 1 aliphatic carbocycles. The van der Waals surface area contributed by atoms with Crippen molar-refractivity contribution in [1.29, 1.82) is 0 Å². The quantitative estimate of drug-likeness (QED) is 0.522. The highest BCUT2D eigenvalue weighted by Gasteiger charge is 2.25. The molecule has 0 fully saturated rings. The van der Waals surface area contributed by atoms with Gasteiger partial charge in [0.25, 0.3) is 11.8 Å². The Bertz CT molecular complexity index is 1060. The van der Waals surface area contributed by atoms with Gasteiger partial charge in [0.15, 0.2) is 6.61 Å². The first-order valence-corrected chi connectivity index (χ1v) is 9.72. The van der Waals surface area contributed by atoms with Crippen molar-refractivity contribution in [2.45, 2.75) is 19.3 Å². The molecular weight excluding hydrogens is 378 g/mol. The third kappa shape index (κ3) is 3.59. The number of ether oxygens (including phenoxy) is 1. The topological polar surface area (TPSA) is 97.4 Å². The summed E-state index contributed by atoms with van der Waals surface area (Å²) in [5.41, 5.74) is 7.57. The average Bonchev–Trinajstić information content (AvgIpc) is 3.40. The summed E-state index contributed by atoms with van der Waals surface area (Å²) in [6.45, 7) is -0.491. The van der Waals surface area contributed by atoms with E-state index in [0.29, 0.717) is 10.4 Å². The highest BCUT2D eigenvalue weighted by Crippen LogP contribution is 2.30. The lowest BCUT2D eigenvalue weighted by Gasteiger charge is -2.12. The number of aryl methyl sites for hydroxylation is 1. The fourth-order valence-electron chi connectivity index (χ4n) is 3.28. The number of hydrogen-bond acceptors (Lipinski definition) is 6. The molecule has 0 unspecified atom stereocenters. The van der Waals surface area contributed by atoms with Crippen LogP contribution in [-0.2, 0) is 22.4 Å². The molecule has 0 atom stereocenters. The Kier molecular flexibility index (Phi) is 5.03. The number of thiophene rings is 1. The Morgan fingerprint density at radius 2 is 1.93 bits per heavy atom. The van der Waals surface area contributed by atoms with Crippen LogP contribution < -0.4 is 10.9 Å². The monoisotopic (exact) mass is 395 g/mol. The molecule has 4 rings (SSSR count). The molecule has 0 aliphatic heterocycles. The molecule has 1 aromatic carbocycles. The van der Waals surface area contributed by atoms with Crippen LogP contribution in [0.5, 0.6) is 0 Å². The molecule has 0 bridgehead atoms. The van der Waals surface area contributed by atoms with Gasteiger partial charge >= 0.3 is 5.97 Å². The molecule has 2 aromatic heterocycles. The van der Waals surface area contributed by atoms with Gasteiger partial charge in [0, 0.05) is 11.1 Å². The fraction of sp³-hybridized carbons (Fsp3) is 0.200. The van der Waals surface area contributed by atoms with Crippen molar-refractivity contribution in [2.24, 2.45) is 0 Å². The molecule has 0 saturated carbocycles. The summed E-state index contributed by atoms with van der Waals surface area (Å²) in [6.07, 6.45) is 2.53. The zero-order chi connectivity index (χ0) is 19.5. The van der Waals surface area contributed by atoms with Crippen molar-refractivity contribution >= 4 is 40.0 Å². The van der Waals surface area contributed by atoms with Crippen LogP contribution in [0.4, 0.5) is 0 Å². The van der Waals surface area contributed by atoms with E-state index in [1.54, 1.807) is 17.5 Å². The minimum Gasteiger partial charge on any atom is -0.452 e. The van der Waals surface area contributed by atoms with Crippen LogP contribution in [0.1, 0.15) is 37.7 Å². The summed E-state index contributed by atoms with van der Waals surface area (Å²) in [5, 5.41) is 2.48. The lowest BCUT2D eigenvalue weighted by Crippen LogP contribution is -2.43. The van der Waals surface area contributed by atoms with Crippen LogP contribution in [-0.4, -0.2) is 29.4 Å². The number of fused-ring (bicyclic) bond motifs is 2. The smallest absolute Gasteiger partial charge is 0.339 e. The van der Waals surface area contributed by atoms with Crippen LogP contribution in [0.25, 0.3) is 10.9 Å². The molecule has 3 aromatic rings. The number of para-hydroxylation sites is 1. The van der Waals surface area contributed by atoms with E-state index in [9.17, 15) is 14.4 Å².